The van der Waals surface area contributed by atoms with E-state index in [0.717, 1.165) is 23.3 Å². The van der Waals surface area contributed by atoms with Crippen LogP contribution in [-0.4, -0.2) is 12.0 Å². The quantitative estimate of drug-likeness (QED) is 0.921. The number of aromatic nitrogens is 1. The predicted molar refractivity (Wildman–Crippen MR) is 68.2 cm³/mol. The molecule has 100 valence electrons. The van der Waals surface area contributed by atoms with Gasteiger partial charge >= 0.3 is 0 Å². The monoisotopic (exact) mass is 264 g/mol. The summed E-state index contributed by atoms with van der Waals surface area (Å²) in [6.45, 7) is 2.56. The zero-order chi connectivity index (χ0) is 13.8. The summed E-state index contributed by atoms with van der Waals surface area (Å²) in [7, 11) is 1.85. The maximum Gasteiger partial charge on any atom is 0.222 e. The van der Waals surface area contributed by atoms with Crippen molar-refractivity contribution in [2.45, 2.75) is 13.5 Å². The lowest BCUT2D eigenvalue weighted by Gasteiger charge is -2.09. The molecule has 1 N–H and O–H groups in total. The first-order valence-electron chi connectivity index (χ1n) is 5.83. The minimum Gasteiger partial charge on any atom is -0.439 e. The summed E-state index contributed by atoms with van der Waals surface area (Å²) in [5.41, 5.74) is 1.86. The molecule has 0 saturated carbocycles. The third-order valence-electron chi connectivity index (χ3n) is 2.57. The second-order valence-corrected chi connectivity index (χ2v) is 4.17. The Hall–Kier alpha value is -2.01. The Bertz CT molecular complexity index is 588. The summed E-state index contributed by atoms with van der Waals surface area (Å²) in [5.74, 6) is -1.25. The Balaban J connectivity index is 2.20. The minimum absolute atomic E-state index is 0.218. The van der Waals surface area contributed by atoms with Gasteiger partial charge in [-0.3, -0.25) is 0 Å². The fourth-order valence-corrected chi connectivity index (χ4v) is 1.68. The average Bonchev–Trinajstić information content (AvgIpc) is 2.37. The Labute approximate surface area is 110 Å². The van der Waals surface area contributed by atoms with E-state index in [-0.39, 0.29) is 5.75 Å². The molecule has 2 rings (SSSR count). The second-order valence-electron chi connectivity index (χ2n) is 4.17. The number of halogens is 2. The van der Waals surface area contributed by atoms with Crippen molar-refractivity contribution in [3.8, 4) is 11.6 Å². The van der Waals surface area contributed by atoms with Gasteiger partial charge in [0.25, 0.3) is 0 Å². The molecule has 0 unspecified atom stereocenters. The summed E-state index contributed by atoms with van der Waals surface area (Å²) in [4.78, 5) is 4.17. The van der Waals surface area contributed by atoms with E-state index < -0.39 is 11.6 Å². The number of hydrogen-bond donors (Lipinski definition) is 1. The molecule has 0 amide bonds. The number of pyridine rings is 1. The molecule has 1 aromatic carbocycles. The third-order valence-corrected chi connectivity index (χ3v) is 2.57. The van der Waals surface area contributed by atoms with E-state index in [1.54, 1.807) is 6.20 Å². The summed E-state index contributed by atoms with van der Waals surface area (Å²) in [5, 5.41) is 3.02. The van der Waals surface area contributed by atoms with Gasteiger partial charge in [-0.25, -0.2) is 13.8 Å². The van der Waals surface area contributed by atoms with Gasteiger partial charge in [-0.05, 0) is 37.7 Å². The number of nitrogens with zero attached hydrogens (tertiary/aromatic N) is 1. The van der Waals surface area contributed by atoms with E-state index in [4.69, 9.17) is 4.74 Å². The first kappa shape index (κ1) is 13.4. The van der Waals surface area contributed by atoms with Crippen LogP contribution in [0.1, 0.15) is 11.1 Å². The molecule has 0 aliphatic heterocycles. The average molecular weight is 264 g/mol. The van der Waals surface area contributed by atoms with Crippen LogP contribution >= 0.6 is 0 Å². The molecule has 1 heterocycles. The molecule has 0 spiro atoms. The summed E-state index contributed by atoms with van der Waals surface area (Å²) in [6.07, 6.45) is 1.68. The van der Waals surface area contributed by atoms with E-state index in [1.165, 1.54) is 6.07 Å². The number of aryl methyl sites for hydroxylation is 1. The maximum absolute atomic E-state index is 13.1. The molecule has 0 aliphatic rings. The summed E-state index contributed by atoms with van der Waals surface area (Å²) < 4.78 is 31.3. The van der Waals surface area contributed by atoms with Crippen LogP contribution in [0.4, 0.5) is 8.78 Å². The van der Waals surface area contributed by atoms with Crippen molar-refractivity contribution in [2.75, 3.05) is 7.05 Å². The predicted octanol–water partition coefficient (Wildman–Crippen LogP) is 3.18. The fraction of sp³-hybridized carbons (Fsp3) is 0.214. The highest BCUT2D eigenvalue weighted by Gasteiger charge is 2.07. The van der Waals surface area contributed by atoms with Gasteiger partial charge in [0.2, 0.25) is 5.88 Å². The molecule has 5 heteroatoms. The van der Waals surface area contributed by atoms with Gasteiger partial charge < -0.3 is 10.1 Å². The topological polar surface area (TPSA) is 34.2 Å². The van der Waals surface area contributed by atoms with E-state index >= 15 is 0 Å². The number of rotatable bonds is 4. The third kappa shape index (κ3) is 3.26. The first-order valence-corrected chi connectivity index (χ1v) is 5.83. The zero-order valence-electron chi connectivity index (χ0n) is 10.7. The molecule has 1 aromatic heterocycles. The lowest BCUT2D eigenvalue weighted by atomic mass is 10.2. The molecule has 0 atom stereocenters. The van der Waals surface area contributed by atoms with Gasteiger partial charge in [-0.2, -0.15) is 0 Å². The molecule has 0 radical (unpaired) electrons. The molecule has 0 bridgehead atoms. The Morgan fingerprint density at radius 2 is 2.00 bits per heavy atom. The smallest absolute Gasteiger partial charge is 0.222 e. The standard InChI is InChI=1S/C14H14F2N2O/c1-9-5-10(7-17-2)8-18-14(9)19-11-3-4-12(15)13(16)6-11/h3-6,8,17H,7H2,1-2H3. The molecule has 2 aromatic rings. The van der Waals surface area contributed by atoms with Crippen molar-refractivity contribution in [3.63, 3.8) is 0 Å². The molecule has 0 aliphatic carbocycles. The van der Waals surface area contributed by atoms with Crippen LogP contribution in [0.5, 0.6) is 11.6 Å². The molecule has 3 nitrogen and oxygen atoms in total. The zero-order valence-corrected chi connectivity index (χ0v) is 10.7. The van der Waals surface area contributed by atoms with Gasteiger partial charge in [0.15, 0.2) is 11.6 Å². The summed E-state index contributed by atoms with van der Waals surface area (Å²) in [6, 6.07) is 5.31. The molecular weight excluding hydrogens is 250 g/mol. The summed E-state index contributed by atoms with van der Waals surface area (Å²) >= 11 is 0. The molecular formula is C14H14F2N2O. The Morgan fingerprint density at radius 1 is 1.21 bits per heavy atom. The lowest BCUT2D eigenvalue weighted by molar-refractivity contribution is 0.444. The number of benzene rings is 1. The van der Waals surface area contributed by atoms with Crippen molar-refractivity contribution < 1.29 is 13.5 Å². The van der Waals surface area contributed by atoms with Gasteiger partial charge in [0, 0.05) is 24.4 Å². The first-order chi connectivity index (χ1) is 9.10. The van der Waals surface area contributed by atoms with Gasteiger partial charge in [0.05, 0.1) is 0 Å². The highest BCUT2D eigenvalue weighted by molar-refractivity contribution is 5.34. The Morgan fingerprint density at radius 3 is 2.63 bits per heavy atom. The van der Waals surface area contributed by atoms with Crippen molar-refractivity contribution in [1.29, 1.82) is 0 Å². The van der Waals surface area contributed by atoms with E-state index in [1.807, 2.05) is 20.0 Å². The SMILES string of the molecule is CNCc1cnc(Oc2ccc(F)c(F)c2)c(C)c1. The van der Waals surface area contributed by atoms with Crippen molar-refractivity contribution in [2.24, 2.45) is 0 Å². The van der Waals surface area contributed by atoms with Crippen LogP contribution in [0.25, 0.3) is 0 Å². The number of nitrogens with one attached hydrogen (secondary N) is 1. The van der Waals surface area contributed by atoms with Crippen LogP contribution in [0.15, 0.2) is 30.5 Å². The highest BCUT2D eigenvalue weighted by atomic mass is 19.2. The van der Waals surface area contributed by atoms with E-state index in [0.29, 0.717) is 12.4 Å². The minimum atomic E-state index is -0.943. The van der Waals surface area contributed by atoms with E-state index in [2.05, 4.69) is 10.3 Å². The lowest BCUT2D eigenvalue weighted by Crippen LogP contribution is -2.06. The molecule has 19 heavy (non-hydrogen) atoms. The maximum atomic E-state index is 13.1. The van der Waals surface area contributed by atoms with Crippen molar-refractivity contribution in [3.05, 3.63) is 53.2 Å². The van der Waals surface area contributed by atoms with Crippen LogP contribution in [0, 0.1) is 18.6 Å². The largest absolute Gasteiger partial charge is 0.439 e. The van der Waals surface area contributed by atoms with Gasteiger partial charge in [-0.15, -0.1) is 0 Å². The van der Waals surface area contributed by atoms with E-state index in [9.17, 15) is 8.78 Å². The van der Waals surface area contributed by atoms with Crippen molar-refractivity contribution >= 4 is 0 Å². The van der Waals surface area contributed by atoms with Crippen LogP contribution < -0.4 is 10.1 Å². The van der Waals surface area contributed by atoms with Gasteiger partial charge in [-0.1, -0.05) is 0 Å². The molecule has 0 fully saturated rings. The van der Waals surface area contributed by atoms with Crippen LogP contribution in [0.2, 0.25) is 0 Å². The molecule has 0 saturated heterocycles. The van der Waals surface area contributed by atoms with Crippen molar-refractivity contribution in [1.82, 2.24) is 10.3 Å². The van der Waals surface area contributed by atoms with Crippen LogP contribution in [0.3, 0.4) is 0 Å². The second kappa shape index (κ2) is 5.75. The van der Waals surface area contributed by atoms with Crippen LogP contribution in [-0.2, 0) is 6.54 Å². The highest BCUT2D eigenvalue weighted by Crippen LogP contribution is 2.24. The fourth-order valence-electron chi connectivity index (χ4n) is 1.68. The number of ether oxygens (including phenoxy) is 1. The van der Waals surface area contributed by atoms with Gasteiger partial charge in [0.1, 0.15) is 5.75 Å². The normalized spacial score (nSPS) is 10.5. The number of hydrogen-bond acceptors (Lipinski definition) is 3. The Kier molecular flexibility index (Phi) is 4.06.